The molecule has 0 atom stereocenters. The van der Waals surface area contributed by atoms with Gasteiger partial charge in [-0.15, -0.1) is 0 Å². The maximum atomic E-state index is 12.1. The van der Waals surface area contributed by atoms with Crippen molar-refractivity contribution in [1.29, 1.82) is 0 Å². The van der Waals surface area contributed by atoms with Crippen LogP contribution in [0.15, 0.2) is 47.1 Å². The van der Waals surface area contributed by atoms with Crippen molar-refractivity contribution in [2.75, 3.05) is 71.0 Å². The Morgan fingerprint density at radius 3 is 2.56 bits per heavy atom. The van der Waals surface area contributed by atoms with Crippen molar-refractivity contribution in [2.45, 2.75) is 19.4 Å². The van der Waals surface area contributed by atoms with E-state index in [-0.39, 0.29) is 5.56 Å². The molecular formula is C29H37BrN6O5. The molecule has 0 saturated heterocycles. The van der Waals surface area contributed by atoms with E-state index in [1.165, 1.54) is 17.3 Å². The van der Waals surface area contributed by atoms with E-state index in [2.05, 4.69) is 53.6 Å². The van der Waals surface area contributed by atoms with Gasteiger partial charge in [0.25, 0.3) is 5.91 Å². The van der Waals surface area contributed by atoms with Gasteiger partial charge in [0.15, 0.2) is 0 Å². The molecule has 1 amide bonds. The summed E-state index contributed by atoms with van der Waals surface area (Å²) in [5, 5.41) is 6.45. The van der Waals surface area contributed by atoms with Gasteiger partial charge in [0.2, 0.25) is 5.95 Å². The minimum Gasteiger partial charge on any atom is -0.495 e. The molecule has 0 radical (unpaired) electrons. The Balaban J connectivity index is 1.40. The lowest BCUT2D eigenvalue weighted by Gasteiger charge is -2.29. The summed E-state index contributed by atoms with van der Waals surface area (Å²) in [7, 11) is 3.30. The van der Waals surface area contributed by atoms with Gasteiger partial charge in [-0.05, 0) is 64.2 Å². The number of methoxy groups -OCH3 is 2. The summed E-state index contributed by atoms with van der Waals surface area (Å²) in [5.41, 5.74) is 9.73. The standard InChI is InChI=1S/C29H37BrN6O5/c1-38-12-13-41-15-14-40-11-5-9-36-10-8-20-17-26(39-2)25(16-21(20)19-36)34-29-32-18-22(27(31)37)28(35-29)33-24-7-4-3-6-23(24)30/h3-4,6-7,16-18H,5,8-15,19H2,1-2H3,(H2,31,37)(H2,32,33,34,35). The number of aromatic nitrogens is 2. The fraction of sp³-hybridized carbons (Fsp3) is 0.414. The highest BCUT2D eigenvalue weighted by Crippen LogP contribution is 2.34. The molecule has 0 unspecified atom stereocenters. The van der Waals surface area contributed by atoms with Crippen molar-refractivity contribution >= 4 is 45.0 Å². The first-order chi connectivity index (χ1) is 20.0. The van der Waals surface area contributed by atoms with Crippen LogP contribution < -0.4 is 21.1 Å². The molecule has 2 aromatic carbocycles. The summed E-state index contributed by atoms with van der Waals surface area (Å²) >= 11 is 3.51. The van der Waals surface area contributed by atoms with E-state index in [1.54, 1.807) is 14.2 Å². The fourth-order valence-electron chi connectivity index (χ4n) is 4.49. The van der Waals surface area contributed by atoms with E-state index in [0.717, 1.165) is 48.3 Å². The van der Waals surface area contributed by atoms with Crippen LogP contribution in [-0.2, 0) is 27.2 Å². The Hall–Kier alpha value is -3.29. The van der Waals surface area contributed by atoms with Crippen molar-refractivity contribution in [2.24, 2.45) is 5.73 Å². The quantitative estimate of drug-likeness (QED) is 0.198. The largest absolute Gasteiger partial charge is 0.495 e. The zero-order chi connectivity index (χ0) is 29.0. The van der Waals surface area contributed by atoms with Crippen LogP contribution >= 0.6 is 15.9 Å². The summed E-state index contributed by atoms with van der Waals surface area (Å²) in [6.45, 7) is 5.79. The first-order valence-corrected chi connectivity index (χ1v) is 14.3. The summed E-state index contributed by atoms with van der Waals surface area (Å²) in [4.78, 5) is 23.4. The van der Waals surface area contributed by atoms with Crippen LogP contribution in [0.1, 0.15) is 27.9 Å². The highest BCUT2D eigenvalue weighted by molar-refractivity contribution is 9.10. The average Bonchev–Trinajstić information content (AvgIpc) is 2.97. The second kappa shape index (κ2) is 15.6. The Labute approximate surface area is 248 Å². The molecule has 11 nitrogen and oxygen atoms in total. The van der Waals surface area contributed by atoms with Crippen LogP contribution in [0.3, 0.4) is 0 Å². The van der Waals surface area contributed by atoms with E-state index in [9.17, 15) is 4.79 Å². The van der Waals surface area contributed by atoms with Gasteiger partial charge in [0.05, 0.1) is 44.9 Å². The lowest BCUT2D eigenvalue weighted by Crippen LogP contribution is -2.32. The number of nitrogens with two attached hydrogens (primary N) is 1. The summed E-state index contributed by atoms with van der Waals surface area (Å²) in [6, 6.07) is 11.7. The molecule has 41 heavy (non-hydrogen) atoms. The molecule has 2 heterocycles. The number of anilines is 4. The van der Waals surface area contributed by atoms with Gasteiger partial charge in [0.1, 0.15) is 17.1 Å². The van der Waals surface area contributed by atoms with E-state index >= 15 is 0 Å². The Morgan fingerprint density at radius 1 is 1.02 bits per heavy atom. The zero-order valence-electron chi connectivity index (χ0n) is 23.5. The van der Waals surface area contributed by atoms with Gasteiger partial charge in [0, 0.05) is 44.0 Å². The first kappa shape index (κ1) is 30.7. The predicted molar refractivity (Wildman–Crippen MR) is 161 cm³/mol. The summed E-state index contributed by atoms with van der Waals surface area (Å²) < 4.78 is 22.6. The topological polar surface area (TPSA) is 133 Å². The molecule has 4 rings (SSSR count). The van der Waals surface area contributed by atoms with Crippen molar-refractivity contribution in [1.82, 2.24) is 14.9 Å². The second-order valence-electron chi connectivity index (χ2n) is 9.47. The van der Waals surface area contributed by atoms with Crippen LogP contribution in [0.4, 0.5) is 23.1 Å². The lowest BCUT2D eigenvalue weighted by molar-refractivity contribution is 0.0226. The normalized spacial score (nSPS) is 13.0. The van der Waals surface area contributed by atoms with Crippen molar-refractivity contribution < 1.29 is 23.7 Å². The van der Waals surface area contributed by atoms with Crippen molar-refractivity contribution in [3.05, 3.63) is 63.8 Å². The van der Waals surface area contributed by atoms with Gasteiger partial charge < -0.3 is 35.3 Å². The maximum Gasteiger partial charge on any atom is 0.254 e. The SMILES string of the molecule is COCCOCCOCCCN1CCc2cc(OC)c(Nc3ncc(C(N)=O)c(Nc4ccccc4Br)n3)cc2C1. The number of ether oxygens (including phenoxy) is 4. The molecule has 0 saturated carbocycles. The number of benzene rings is 2. The smallest absolute Gasteiger partial charge is 0.254 e. The number of primary amides is 1. The van der Waals surface area contributed by atoms with E-state index in [1.807, 2.05) is 24.3 Å². The minimum absolute atomic E-state index is 0.182. The molecule has 1 aliphatic rings. The fourth-order valence-corrected chi connectivity index (χ4v) is 4.87. The summed E-state index contributed by atoms with van der Waals surface area (Å²) in [6.07, 6.45) is 3.29. The van der Waals surface area contributed by atoms with Crippen LogP contribution in [0.2, 0.25) is 0 Å². The molecule has 0 fully saturated rings. The number of rotatable bonds is 16. The van der Waals surface area contributed by atoms with E-state index in [4.69, 9.17) is 24.7 Å². The number of halogens is 1. The number of carbonyl (C=O) groups is 1. The Morgan fingerprint density at radius 2 is 1.80 bits per heavy atom. The monoisotopic (exact) mass is 628 g/mol. The first-order valence-electron chi connectivity index (χ1n) is 13.5. The third kappa shape index (κ3) is 8.85. The zero-order valence-corrected chi connectivity index (χ0v) is 25.0. The highest BCUT2D eigenvalue weighted by atomic mass is 79.9. The highest BCUT2D eigenvalue weighted by Gasteiger charge is 2.20. The predicted octanol–water partition coefficient (Wildman–Crippen LogP) is 4.26. The molecule has 4 N–H and O–H groups in total. The molecule has 220 valence electrons. The molecule has 1 aromatic heterocycles. The molecule has 0 aliphatic carbocycles. The Kier molecular flexibility index (Phi) is 11.7. The average molecular weight is 630 g/mol. The third-order valence-electron chi connectivity index (χ3n) is 6.61. The number of nitrogens with one attached hydrogen (secondary N) is 2. The van der Waals surface area contributed by atoms with Crippen LogP contribution in [0, 0.1) is 0 Å². The maximum absolute atomic E-state index is 12.1. The number of nitrogens with zero attached hydrogens (tertiary/aromatic N) is 3. The second-order valence-corrected chi connectivity index (χ2v) is 10.3. The van der Waals surface area contributed by atoms with Gasteiger partial charge in [-0.2, -0.15) is 4.98 Å². The third-order valence-corrected chi connectivity index (χ3v) is 7.30. The lowest BCUT2D eigenvalue weighted by atomic mass is 9.98. The number of para-hydroxylation sites is 1. The summed E-state index contributed by atoms with van der Waals surface area (Å²) in [5.74, 6) is 0.673. The molecule has 12 heteroatoms. The number of amides is 1. The van der Waals surface area contributed by atoms with Crippen molar-refractivity contribution in [3.63, 3.8) is 0 Å². The van der Waals surface area contributed by atoms with Crippen molar-refractivity contribution in [3.8, 4) is 5.75 Å². The van der Waals surface area contributed by atoms with Crippen LogP contribution in [0.25, 0.3) is 0 Å². The van der Waals surface area contributed by atoms with E-state index in [0.29, 0.717) is 50.6 Å². The van der Waals surface area contributed by atoms with Gasteiger partial charge >= 0.3 is 0 Å². The van der Waals surface area contributed by atoms with Gasteiger partial charge in [-0.25, -0.2) is 4.98 Å². The van der Waals surface area contributed by atoms with Gasteiger partial charge in [-0.1, -0.05) is 12.1 Å². The molecular weight excluding hydrogens is 592 g/mol. The number of fused-ring (bicyclic) bond motifs is 1. The molecule has 3 aromatic rings. The number of carbonyl (C=O) groups excluding carboxylic acids is 1. The minimum atomic E-state index is -0.627. The molecule has 0 bridgehead atoms. The van der Waals surface area contributed by atoms with Gasteiger partial charge in [-0.3, -0.25) is 9.69 Å². The molecule has 1 aliphatic heterocycles. The van der Waals surface area contributed by atoms with Crippen LogP contribution in [0.5, 0.6) is 5.75 Å². The molecule has 0 spiro atoms. The van der Waals surface area contributed by atoms with E-state index < -0.39 is 5.91 Å². The number of hydrogen-bond donors (Lipinski definition) is 3. The Bertz CT molecular complexity index is 1310. The van der Waals surface area contributed by atoms with Crippen LogP contribution in [-0.4, -0.2) is 81.1 Å². The number of hydrogen-bond acceptors (Lipinski definition) is 10.